The summed E-state index contributed by atoms with van der Waals surface area (Å²) in [5.74, 6) is 0.811. The van der Waals surface area contributed by atoms with E-state index in [1.165, 1.54) is 0 Å². The predicted molar refractivity (Wildman–Crippen MR) is 80.4 cm³/mol. The molecule has 1 unspecified atom stereocenters. The van der Waals surface area contributed by atoms with Crippen molar-refractivity contribution in [3.63, 3.8) is 0 Å². The van der Waals surface area contributed by atoms with Gasteiger partial charge in [0.25, 0.3) is 0 Å². The van der Waals surface area contributed by atoms with E-state index in [-0.39, 0.29) is 0 Å². The Morgan fingerprint density at radius 2 is 1.84 bits per heavy atom. The Morgan fingerprint density at radius 3 is 2.47 bits per heavy atom. The zero-order valence-electron chi connectivity index (χ0n) is 10.8. The summed E-state index contributed by atoms with van der Waals surface area (Å²) in [7, 11) is 0. The van der Waals surface area contributed by atoms with E-state index >= 15 is 0 Å². The van der Waals surface area contributed by atoms with Crippen molar-refractivity contribution < 1.29 is 9.84 Å². The van der Waals surface area contributed by atoms with Crippen LogP contribution in [0.5, 0.6) is 5.75 Å². The van der Waals surface area contributed by atoms with E-state index < -0.39 is 6.10 Å². The largest absolute Gasteiger partial charge is 0.492 e. The van der Waals surface area contributed by atoms with Gasteiger partial charge in [-0.3, -0.25) is 0 Å². The van der Waals surface area contributed by atoms with Crippen molar-refractivity contribution in [1.82, 2.24) is 0 Å². The SMILES string of the molecule is CCCOc1ccc(C(O)c2ccccc2)cc1Br. The third kappa shape index (κ3) is 3.58. The summed E-state index contributed by atoms with van der Waals surface area (Å²) in [6.45, 7) is 2.76. The first-order valence-electron chi connectivity index (χ1n) is 6.37. The molecule has 19 heavy (non-hydrogen) atoms. The number of hydrogen-bond donors (Lipinski definition) is 1. The monoisotopic (exact) mass is 320 g/mol. The van der Waals surface area contributed by atoms with Crippen molar-refractivity contribution in [2.24, 2.45) is 0 Å². The molecule has 0 heterocycles. The van der Waals surface area contributed by atoms with Crippen LogP contribution in [-0.2, 0) is 0 Å². The van der Waals surface area contributed by atoms with E-state index in [1.54, 1.807) is 0 Å². The van der Waals surface area contributed by atoms with Crippen LogP contribution in [0.15, 0.2) is 53.0 Å². The highest BCUT2D eigenvalue weighted by Gasteiger charge is 2.12. The van der Waals surface area contributed by atoms with Crippen molar-refractivity contribution in [3.8, 4) is 5.75 Å². The average Bonchev–Trinajstić information content (AvgIpc) is 2.46. The maximum absolute atomic E-state index is 10.3. The fraction of sp³-hybridized carbons (Fsp3) is 0.250. The smallest absolute Gasteiger partial charge is 0.133 e. The molecule has 0 saturated heterocycles. The summed E-state index contributed by atoms with van der Waals surface area (Å²) in [6, 6.07) is 15.3. The van der Waals surface area contributed by atoms with E-state index in [4.69, 9.17) is 4.74 Å². The molecular weight excluding hydrogens is 304 g/mol. The molecular formula is C16H17BrO2. The molecule has 0 aromatic heterocycles. The minimum atomic E-state index is -0.613. The van der Waals surface area contributed by atoms with E-state index in [1.807, 2.05) is 48.5 Å². The zero-order valence-corrected chi connectivity index (χ0v) is 12.4. The van der Waals surface area contributed by atoms with Crippen molar-refractivity contribution in [2.75, 3.05) is 6.61 Å². The number of rotatable bonds is 5. The van der Waals surface area contributed by atoms with Gasteiger partial charge in [0.2, 0.25) is 0 Å². The maximum Gasteiger partial charge on any atom is 0.133 e. The maximum atomic E-state index is 10.3. The molecule has 1 atom stereocenters. The summed E-state index contributed by atoms with van der Waals surface area (Å²) in [4.78, 5) is 0. The molecule has 0 aliphatic rings. The molecule has 0 aliphatic heterocycles. The van der Waals surface area contributed by atoms with Crippen molar-refractivity contribution in [1.29, 1.82) is 0 Å². The van der Waals surface area contributed by atoms with Crippen LogP contribution in [0.4, 0.5) is 0 Å². The van der Waals surface area contributed by atoms with Crippen molar-refractivity contribution >= 4 is 15.9 Å². The molecule has 0 spiro atoms. The van der Waals surface area contributed by atoms with Gasteiger partial charge in [0.05, 0.1) is 11.1 Å². The average molecular weight is 321 g/mol. The van der Waals surface area contributed by atoms with Gasteiger partial charge in [-0.05, 0) is 45.6 Å². The van der Waals surface area contributed by atoms with Gasteiger partial charge in [-0.2, -0.15) is 0 Å². The minimum absolute atomic E-state index is 0.613. The van der Waals surface area contributed by atoms with E-state index in [2.05, 4.69) is 22.9 Å². The summed E-state index contributed by atoms with van der Waals surface area (Å²) in [5.41, 5.74) is 1.73. The second-order valence-corrected chi connectivity index (χ2v) is 5.21. The second-order valence-electron chi connectivity index (χ2n) is 4.35. The number of aliphatic hydroxyl groups is 1. The lowest BCUT2D eigenvalue weighted by Gasteiger charge is -2.14. The van der Waals surface area contributed by atoms with E-state index in [0.717, 1.165) is 27.8 Å². The third-order valence-corrected chi connectivity index (χ3v) is 3.47. The summed E-state index contributed by atoms with van der Waals surface area (Å²) in [5, 5.41) is 10.3. The summed E-state index contributed by atoms with van der Waals surface area (Å²) >= 11 is 3.48. The Balaban J connectivity index is 2.20. The number of ether oxygens (including phenoxy) is 1. The fourth-order valence-electron chi connectivity index (χ4n) is 1.84. The quantitative estimate of drug-likeness (QED) is 0.889. The van der Waals surface area contributed by atoms with Crippen LogP contribution in [0, 0.1) is 0 Å². The Kier molecular flexibility index (Phi) is 5.00. The first kappa shape index (κ1) is 14.1. The number of hydrogen-bond acceptors (Lipinski definition) is 2. The Hall–Kier alpha value is -1.32. The van der Waals surface area contributed by atoms with Gasteiger partial charge < -0.3 is 9.84 Å². The van der Waals surface area contributed by atoms with E-state index in [0.29, 0.717) is 6.61 Å². The standard InChI is InChI=1S/C16H17BrO2/c1-2-10-19-15-9-8-13(11-14(15)17)16(18)12-6-4-3-5-7-12/h3-9,11,16,18H,2,10H2,1H3. The van der Waals surface area contributed by atoms with Crippen LogP contribution in [0.1, 0.15) is 30.6 Å². The molecule has 0 fully saturated rings. The Morgan fingerprint density at radius 1 is 1.11 bits per heavy atom. The zero-order chi connectivity index (χ0) is 13.7. The van der Waals surface area contributed by atoms with E-state index in [9.17, 15) is 5.11 Å². The minimum Gasteiger partial charge on any atom is -0.492 e. The summed E-state index contributed by atoms with van der Waals surface area (Å²) < 4.78 is 6.47. The molecule has 3 heteroatoms. The van der Waals surface area contributed by atoms with Gasteiger partial charge in [0.1, 0.15) is 11.9 Å². The van der Waals surface area contributed by atoms with Crippen LogP contribution in [-0.4, -0.2) is 11.7 Å². The van der Waals surface area contributed by atoms with Crippen LogP contribution < -0.4 is 4.74 Å². The molecule has 2 aromatic carbocycles. The van der Waals surface area contributed by atoms with Gasteiger partial charge in [-0.25, -0.2) is 0 Å². The molecule has 1 N–H and O–H groups in total. The molecule has 0 aliphatic carbocycles. The lowest BCUT2D eigenvalue weighted by molar-refractivity contribution is 0.220. The molecule has 0 saturated carbocycles. The second kappa shape index (κ2) is 6.73. The highest BCUT2D eigenvalue weighted by atomic mass is 79.9. The van der Waals surface area contributed by atoms with Gasteiger partial charge in [-0.15, -0.1) is 0 Å². The van der Waals surface area contributed by atoms with Crippen molar-refractivity contribution in [2.45, 2.75) is 19.4 Å². The molecule has 0 amide bonds. The normalized spacial score (nSPS) is 12.2. The fourth-order valence-corrected chi connectivity index (χ4v) is 2.35. The molecule has 0 bridgehead atoms. The lowest BCUT2D eigenvalue weighted by Crippen LogP contribution is -2.01. The molecule has 100 valence electrons. The molecule has 0 radical (unpaired) electrons. The molecule has 2 aromatic rings. The van der Waals surface area contributed by atoms with Gasteiger partial charge in [0, 0.05) is 0 Å². The van der Waals surface area contributed by atoms with Crippen LogP contribution in [0.25, 0.3) is 0 Å². The highest BCUT2D eigenvalue weighted by Crippen LogP contribution is 2.30. The van der Waals surface area contributed by atoms with Gasteiger partial charge >= 0.3 is 0 Å². The number of benzene rings is 2. The third-order valence-electron chi connectivity index (χ3n) is 2.85. The Bertz CT molecular complexity index is 526. The van der Waals surface area contributed by atoms with Crippen LogP contribution in [0.2, 0.25) is 0 Å². The molecule has 2 rings (SSSR count). The Labute approximate surface area is 122 Å². The first-order chi connectivity index (χ1) is 9.22. The predicted octanol–water partition coefficient (Wildman–Crippen LogP) is 4.32. The van der Waals surface area contributed by atoms with Gasteiger partial charge in [0.15, 0.2) is 0 Å². The van der Waals surface area contributed by atoms with Crippen LogP contribution >= 0.6 is 15.9 Å². The van der Waals surface area contributed by atoms with Crippen molar-refractivity contribution in [3.05, 3.63) is 64.1 Å². The summed E-state index contributed by atoms with van der Waals surface area (Å²) in [6.07, 6.45) is 0.360. The highest BCUT2D eigenvalue weighted by molar-refractivity contribution is 9.10. The van der Waals surface area contributed by atoms with Gasteiger partial charge in [-0.1, -0.05) is 43.3 Å². The number of halogens is 1. The first-order valence-corrected chi connectivity index (χ1v) is 7.17. The van der Waals surface area contributed by atoms with Crippen LogP contribution in [0.3, 0.4) is 0 Å². The number of aliphatic hydroxyl groups excluding tert-OH is 1. The molecule has 2 nitrogen and oxygen atoms in total. The lowest BCUT2D eigenvalue weighted by atomic mass is 10.0. The topological polar surface area (TPSA) is 29.5 Å².